The molecule has 25 heavy (non-hydrogen) atoms. The van der Waals surface area contributed by atoms with Gasteiger partial charge < -0.3 is 5.32 Å². The van der Waals surface area contributed by atoms with Crippen LogP contribution in [0.1, 0.15) is 11.6 Å². The van der Waals surface area contributed by atoms with Gasteiger partial charge in [-0.15, -0.1) is 0 Å². The van der Waals surface area contributed by atoms with Crippen LogP contribution in [0.4, 0.5) is 5.69 Å². The van der Waals surface area contributed by atoms with E-state index >= 15 is 0 Å². The largest absolute Gasteiger partial charge is 0.324 e. The molecule has 1 unspecified atom stereocenters. The van der Waals surface area contributed by atoms with Crippen molar-refractivity contribution in [1.29, 1.82) is 5.26 Å². The number of rotatable bonds is 5. The van der Waals surface area contributed by atoms with Gasteiger partial charge in [0.1, 0.15) is 6.04 Å². The lowest BCUT2D eigenvalue weighted by molar-refractivity contribution is -0.117. The summed E-state index contributed by atoms with van der Waals surface area (Å²) in [6.07, 6.45) is 3.31. The summed E-state index contributed by atoms with van der Waals surface area (Å²) in [7, 11) is 0. The fourth-order valence-corrected chi connectivity index (χ4v) is 3.02. The maximum Gasteiger partial charge on any atom is 0.238 e. The van der Waals surface area contributed by atoms with Crippen molar-refractivity contribution in [2.75, 3.05) is 38.0 Å². The number of benzene rings is 1. The van der Waals surface area contributed by atoms with Crippen molar-refractivity contribution < 1.29 is 4.79 Å². The van der Waals surface area contributed by atoms with Crippen molar-refractivity contribution >= 4 is 11.6 Å². The number of anilines is 1. The summed E-state index contributed by atoms with van der Waals surface area (Å²) in [5.74, 6) is -0.0404. The molecule has 1 amide bonds. The number of nitrogens with zero attached hydrogens (tertiary/aromatic N) is 4. The number of piperazine rings is 1. The molecule has 2 heterocycles. The van der Waals surface area contributed by atoms with Gasteiger partial charge in [-0.1, -0.05) is 30.3 Å². The van der Waals surface area contributed by atoms with Crippen LogP contribution < -0.4 is 5.32 Å². The monoisotopic (exact) mass is 335 g/mol. The predicted molar refractivity (Wildman–Crippen MR) is 95.7 cm³/mol. The quantitative estimate of drug-likeness (QED) is 0.903. The van der Waals surface area contributed by atoms with Gasteiger partial charge in [-0.25, -0.2) is 0 Å². The van der Waals surface area contributed by atoms with Gasteiger partial charge in [-0.2, -0.15) is 5.26 Å². The Morgan fingerprint density at radius 3 is 2.56 bits per heavy atom. The van der Waals surface area contributed by atoms with Crippen molar-refractivity contribution in [3.8, 4) is 6.07 Å². The maximum absolute atomic E-state index is 12.1. The zero-order chi connectivity index (χ0) is 17.5. The fourth-order valence-electron chi connectivity index (χ4n) is 3.02. The first kappa shape index (κ1) is 17.1. The van der Waals surface area contributed by atoms with Gasteiger partial charge >= 0.3 is 0 Å². The Morgan fingerprint density at radius 2 is 1.92 bits per heavy atom. The number of hydrogen-bond acceptors (Lipinski definition) is 5. The zero-order valence-corrected chi connectivity index (χ0v) is 14.0. The summed E-state index contributed by atoms with van der Waals surface area (Å²) >= 11 is 0. The molecule has 1 N–H and O–H groups in total. The van der Waals surface area contributed by atoms with Crippen LogP contribution in [0.15, 0.2) is 54.9 Å². The first-order valence-corrected chi connectivity index (χ1v) is 8.37. The van der Waals surface area contributed by atoms with E-state index in [1.165, 1.54) is 0 Å². The van der Waals surface area contributed by atoms with E-state index in [2.05, 4.69) is 26.2 Å². The Bertz CT molecular complexity index is 720. The van der Waals surface area contributed by atoms with E-state index in [0.717, 1.165) is 31.7 Å². The summed E-state index contributed by atoms with van der Waals surface area (Å²) in [5.41, 5.74) is 1.73. The first-order chi connectivity index (χ1) is 12.3. The van der Waals surface area contributed by atoms with Crippen LogP contribution >= 0.6 is 0 Å². The third kappa shape index (κ3) is 4.63. The Labute approximate surface area is 147 Å². The minimum atomic E-state index is -0.229. The minimum Gasteiger partial charge on any atom is -0.324 e. The van der Waals surface area contributed by atoms with Crippen LogP contribution in [0.25, 0.3) is 0 Å². The van der Waals surface area contributed by atoms with Gasteiger partial charge in [0.2, 0.25) is 5.91 Å². The van der Waals surface area contributed by atoms with Crippen LogP contribution in [0.2, 0.25) is 0 Å². The van der Waals surface area contributed by atoms with E-state index in [1.54, 1.807) is 18.5 Å². The molecule has 6 nitrogen and oxygen atoms in total. The summed E-state index contributed by atoms with van der Waals surface area (Å²) in [4.78, 5) is 20.4. The van der Waals surface area contributed by atoms with E-state index in [1.807, 2.05) is 36.4 Å². The third-order valence-electron chi connectivity index (χ3n) is 4.32. The molecule has 1 aliphatic heterocycles. The highest BCUT2D eigenvalue weighted by Gasteiger charge is 2.25. The van der Waals surface area contributed by atoms with Crippen LogP contribution in [0, 0.1) is 11.3 Å². The lowest BCUT2D eigenvalue weighted by Crippen LogP contribution is -2.49. The lowest BCUT2D eigenvalue weighted by Gasteiger charge is -2.36. The van der Waals surface area contributed by atoms with Gasteiger partial charge in [0, 0.05) is 32.4 Å². The standard InChI is InChI=1S/C19H21N5O/c20-13-18(16-5-2-1-3-6-16)24-11-9-23(10-12-24)15-19(25)22-17-7-4-8-21-14-17/h1-8,14,18H,9-12,15H2,(H,22,25). The molecule has 128 valence electrons. The zero-order valence-electron chi connectivity index (χ0n) is 14.0. The van der Waals surface area contributed by atoms with Gasteiger partial charge in [-0.05, 0) is 17.7 Å². The molecular formula is C19H21N5O. The fraction of sp³-hybridized carbons (Fsp3) is 0.316. The van der Waals surface area contributed by atoms with Crippen molar-refractivity contribution in [1.82, 2.24) is 14.8 Å². The molecular weight excluding hydrogens is 314 g/mol. The number of nitriles is 1. The molecule has 0 aliphatic carbocycles. The molecule has 1 saturated heterocycles. The highest BCUT2D eigenvalue weighted by Crippen LogP contribution is 2.21. The Kier molecular flexibility index (Phi) is 5.73. The van der Waals surface area contributed by atoms with Crippen molar-refractivity contribution in [3.63, 3.8) is 0 Å². The second-order valence-corrected chi connectivity index (χ2v) is 6.04. The molecule has 3 rings (SSSR count). The van der Waals surface area contributed by atoms with Gasteiger partial charge in [-0.3, -0.25) is 19.6 Å². The third-order valence-corrected chi connectivity index (χ3v) is 4.32. The van der Waals surface area contributed by atoms with Crippen LogP contribution in [-0.2, 0) is 4.79 Å². The van der Waals surface area contributed by atoms with E-state index in [9.17, 15) is 10.1 Å². The van der Waals surface area contributed by atoms with Gasteiger partial charge in [0.25, 0.3) is 0 Å². The molecule has 6 heteroatoms. The summed E-state index contributed by atoms with van der Waals surface area (Å²) in [5, 5.41) is 12.4. The normalized spacial score (nSPS) is 16.8. The molecule has 0 spiro atoms. The number of carbonyl (C=O) groups excluding carboxylic acids is 1. The summed E-state index contributed by atoms with van der Waals surface area (Å²) in [6.45, 7) is 3.43. The molecule has 1 aliphatic rings. The topological polar surface area (TPSA) is 72.3 Å². The molecule has 1 aromatic carbocycles. The maximum atomic E-state index is 12.1. The van der Waals surface area contributed by atoms with E-state index in [-0.39, 0.29) is 11.9 Å². The van der Waals surface area contributed by atoms with Gasteiger partial charge in [0.05, 0.1) is 24.5 Å². The number of carbonyl (C=O) groups is 1. The van der Waals surface area contributed by atoms with Gasteiger partial charge in [0.15, 0.2) is 0 Å². The lowest BCUT2D eigenvalue weighted by atomic mass is 10.1. The van der Waals surface area contributed by atoms with Crippen molar-refractivity contribution in [2.45, 2.75) is 6.04 Å². The molecule has 1 atom stereocenters. The summed E-state index contributed by atoms with van der Waals surface area (Å²) < 4.78 is 0. The SMILES string of the molecule is N#CC(c1ccccc1)N1CCN(CC(=O)Nc2cccnc2)CC1. The average molecular weight is 335 g/mol. The molecule has 1 fully saturated rings. The average Bonchev–Trinajstić information content (AvgIpc) is 2.65. The van der Waals surface area contributed by atoms with E-state index in [0.29, 0.717) is 12.2 Å². The molecule has 1 aromatic heterocycles. The number of amides is 1. The number of aromatic nitrogens is 1. The molecule has 0 saturated carbocycles. The Balaban J connectivity index is 1.50. The van der Waals surface area contributed by atoms with Crippen LogP contribution in [0.5, 0.6) is 0 Å². The number of nitrogens with one attached hydrogen (secondary N) is 1. The Morgan fingerprint density at radius 1 is 1.16 bits per heavy atom. The Hall–Kier alpha value is -2.75. The minimum absolute atomic E-state index is 0.0404. The summed E-state index contributed by atoms with van der Waals surface area (Å²) in [6, 6.07) is 15.6. The number of hydrogen-bond donors (Lipinski definition) is 1. The molecule has 0 radical (unpaired) electrons. The second kappa shape index (κ2) is 8.38. The van der Waals surface area contributed by atoms with Crippen molar-refractivity contribution in [2.24, 2.45) is 0 Å². The smallest absolute Gasteiger partial charge is 0.238 e. The van der Waals surface area contributed by atoms with E-state index in [4.69, 9.17) is 0 Å². The molecule has 2 aromatic rings. The van der Waals surface area contributed by atoms with E-state index < -0.39 is 0 Å². The number of pyridine rings is 1. The molecule has 0 bridgehead atoms. The second-order valence-electron chi connectivity index (χ2n) is 6.04. The highest BCUT2D eigenvalue weighted by atomic mass is 16.2. The first-order valence-electron chi connectivity index (χ1n) is 8.37. The van der Waals surface area contributed by atoms with Crippen molar-refractivity contribution in [3.05, 3.63) is 60.4 Å². The van der Waals surface area contributed by atoms with Crippen LogP contribution in [-0.4, -0.2) is 53.4 Å². The highest BCUT2D eigenvalue weighted by molar-refractivity contribution is 5.92. The predicted octanol–water partition coefficient (Wildman–Crippen LogP) is 1.90. The van der Waals surface area contributed by atoms with Crippen LogP contribution in [0.3, 0.4) is 0 Å².